The van der Waals surface area contributed by atoms with Gasteiger partial charge >= 0.3 is 5.69 Å². The van der Waals surface area contributed by atoms with Crippen molar-refractivity contribution >= 4 is 0 Å². The summed E-state index contributed by atoms with van der Waals surface area (Å²) in [7, 11) is 2.90. The van der Waals surface area contributed by atoms with Crippen LogP contribution >= 0.6 is 0 Å². The normalized spacial score (nSPS) is 10.2. The van der Waals surface area contributed by atoms with Crippen LogP contribution in [-0.4, -0.2) is 28.9 Å². The van der Waals surface area contributed by atoms with Crippen molar-refractivity contribution in [1.82, 2.24) is 9.55 Å². The fourth-order valence-electron chi connectivity index (χ4n) is 1.69. The van der Waals surface area contributed by atoms with Crippen molar-refractivity contribution in [3.05, 3.63) is 45.1 Å². The van der Waals surface area contributed by atoms with Crippen LogP contribution in [0.15, 0.2) is 33.9 Å². The second kappa shape index (κ2) is 4.89. The Bertz CT molecular complexity index is 717. The molecule has 1 aromatic carbocycles. The van der Waals surface area contributed by atoms with E-state index in [0.29, 0.717) is 11.5 Å². The van der Waals surface area contributed by atoms with E-state index in [1.807, 2.05) is 0 Å². The molecule has 0 aliphatic heterocycles. The van der Waals surface area contributed by atoms with E-state index >= 15 is 0 Å². The Hall–Kier alpha value is -2.70. The van der Waals surface area contributed by atoms with Crippen molar-refractivity contribution in [1.29, 1.82) is 0 Å². The Morgan fingerprint density at radius 1 is 1.16 bits per heavy atom. The van der Waals surface area contributed by atoms with Gasteiger partial charge in [-0.1, -0.05) is 0 Å². The molecule has 0 atom stereocenters. The molecule has 0 amide bonds. The van der Waals surface area contributed by atoms with Crippen LogP contribution in [-0.2, 0) is 0 Å². The monoisotopic (exact) mass is 264 g/mol. The first-order valence-electron chi connectivity index (χ1n) is 5.34. The molecular weight excluding hydrogens is 252 g/mol. The fraction of sp³-hybridized carbons (Fsp3) is 0.167. The van der Waals surface area contributed by atoms with Gasteiger partial charge in [0, 0.05) is 6.07 Å². The third-order valence-electron chi connectivity index (χ3n) is 2.55. The minimum atomic E-state index is -0.767. The number of aromatic nitrogens is 2. The molecule has 0 spiro atoms. The summed E-state index contributed by atoms with van der Waals surface area (Å²) in [5.41, 5.74) is -1.18. The standard InChI is InChI=1S/C12H12N2O5/c1-18-7-3-4-9(19-2)8(5-7)14-11(16)6-10(15)13-12(14)17/h3-6,16H,1-2H3,(H,13,15,17). The minimum absolute atomic E-state index is 0.264. The third kappa shape index (κ3) is 2.30. The summed E-state index contributed by atoms with van der Waals surface area (Å²) in [5.74, 6) is 0.346. The second-order valence-electron chi connectivity index (χ2n) is 3.67. The summed E-state index contributed by atoms with van der Waals surface area (Å²) in [6.45, 7) is 0. The van der Waals surface area contributed by atoms with Gasteiger partial charge in [-0.05, 0) is 12.1 Å². The molecule has 1 aromatic heterocycles. The third-order valence-corrected chi connectivity index (χ3v) is 2.55. The first kappa shape index (κ1) is 12.7. The van der Waals surface area contributed by atoms with Gasteiger partial charge in [0.25, 0.3) is 5.56 Å². The molecule has 0 saturated carbocycles. The van der Waals surface area contributed by atoms with E-state index < -0.39 is 17.1 Å². The molecule has 0 bridgehead atoms. The van der Waals surface area contributed by atoms with Crippen molar-refractivity contribution in [3.8, 4) is 23.1 Å². The number of nitrogens with zero attached hydrogens (tertiary/aromatic N) is 1. The van der Waals surface area contributed by atoms with Crippen LogP contribution in [0.3, 0.4) is 0 Å². The number of H-pyrrole nitrogens is 1. The number of hydrogen-bond acceptors (Lipinski definition) is 5. The van der Waals surface area contributed by atoms with Gasteiger partial charge in [0.15, 0.2) is 0 Å². The van der Waals surface area contributed by atoms with Crippen molar-refractivity contribution in [2.75, 3.05) is 14.2 Å². The Kier molecular flexibility index (Phi) is 3.28. The lowest BCUT2D eigenvalue weighted by Gasteiger charge is -2.13. The van der Waals surface area contributed by atoms with Crippen LogP contribution < -0.4 is 20.7 Å². The molecule has 7 heteroatoms. The van der Waals surface area contributed by atoms with E-state index in [9.17, 15) is 14.7 Å². The molecule has 0 radical (unpaired) electrons. The lowest BCUT2D eigenvalue weighted by Crippen LogP contribution is -2.28. The number of ether oxygens (including phenoxy) is 2. The summed E-state index contributed by atoms with van der Waals surface area (Å²) in [5, 5.41) is 9.76. The maximum atomic E-state index is 11.8. The first-order valence-corrected chi connectivity index (χ1v) is 5.34. The zero-order valence-electron chi connectivity index (χ0n) is 10.3. The summed E-state index contributed by atoms with van der Waals surface area (Å²) in [4.78, 5) is 24.9. The number of benzene rings is 1. The number of methoxy groups -OCH3 is 2. The van der Waals surface area contributed by atoms with Crippen molar-refractivity contribution < 1.29 is 14.6 Å². The molecule has 0 unspecified atom stereocenters. The van der Waals surface area contributed by atoms with E-state index in [1.165, 1.54) is 20.3 Å². The molecule has 19 heavy (non-hydrogen) atoms. The maximum Gasteiger partial charge on any atom is 0.335 e. The zero-order valence-corrected chi connectivity index (χ0v) is 10.3. The predicted molar refractivity (Wildman–Crippen MR) is 67.4 cm³/mol. The first-order chi connectivity index (χ1) is 9.06. The Morgan fingerprint density at radius 2 is 1.89 bits per heavy atom. The zero-order chi connectivity index (χ0) is 14.0. The lowest BCUT2D eigenvalue weighted by atomic mass is 10.2. The average molecular weight is 264 g/mol. The molecule has 0 aliphatic rings. The van der Waals surface area contributed by atoms with E-state index in [0.717, 1.165) is 10.6 Å². The number of aromatic hydroxyl groups is 1. The van der Waals surface area contributed by atoms with Crippen LogP contribution in [0, 0.1) is 0 Å². The number of hydrogen-bond donors (Lipinski definition) is 2. The molecule has 100 valence electrons. The highest BCUT2D eigenvalue weighted by atomic mass is 16.5. The Balaban J connectivity index is 2.77. The van der Waals surface area contributed by atoms with Gasteiger partial charge in [-0.25, -0.2) is 9.36 Å². The van der Waals surface area contributed by atoms with Gasteiger partial charge in [-0.3, -0.25) is 9.78 Å². The van der Waals surface area contributed by atoms with E-state index in [2.05, 4.69) is 4.98 Å². The smallest absolute Gasteiger partial charge is 0.335 e. The molecule has 2 rings (SSSR count). The Morgan fingerprint density at radius 3 is 2.47 bits per heavy atom. The van der Waals surface area contributed by atoms with Crippen molar-refractivity contribution in [3.63, 3.8) is 0 Å². The summed E-state index contributed by atoms with van der Waals surface area (Å²) in [6, 6.07) is 5.65. The fourth-order valence-corrected chi connectivity index (χ4v) is 1.69. The molecule has 2 N–H and O–H groups in total. The number of aromatic amines is 1. The van der Waals surface area contributed by atoms with Crippen LogP contribution in [0.1, 0.15) is 0 Å². The van der Waals surface area contributed by atoms with Crippen LogP contribution in [0.25, 0.3) is 5.69 Å². The van der Waals surface area contributed by atoms with Crippen molar-refractivity contribution in [2.45, 2.75) is 0 Å². The molecule has 7 nitrogen and oxygen atoms in total. The lowest BCUT2D eigenvalue weighted by molar-refractivity contribution is 0.394. The van der Waals surface area contributed by atoms with Gasteiger partial charge in [0.1, 0.15) is 11.5 Å². The molecular formula is C12H12N2O5. The highest BCUT2D eigenvalue weighted by molar-refractivity contribution is 5.52. The van der Waals surface area contributed by atoms with Crippen LogP contribution in [0.5, 0.6) is 17.4 Å². The second-order valence-corrected chi connectivity index (χ2v) is 3.67. The molecule has 2 aromatic rings. The quantitative estimate of drug-likeness (QED) is 0.828. The van der Waals surface area contributed by atoms with E-state index in [4.69, 9.17) is 9.47 Å². The molecule has 1 heterocycles. The largest absolute Gasteiger partial charge is 0.497 e. The maximum absolute atomic E-state index is 11.8. The van der Waals surface area contributed by atoms with Crippen LogP contribution in [0.2, 0.25) is 0 Å². The van der Waals surface area contributed by atoms with Gasteiger partial charge in [0.2, 0.25) is 5.88 Å². The number of rotatable bonds is 3. The highest BCUT2D eigenvalue weighted by Gasteiger charge is 2.13. The van der Waals surface area contributed by atoms with E-state index in [1.54, 1.807) is 12.1 Å². The van der Waals surface area contributed by atoms with Gasteiger partial charge in [0.05, 0.1) is 26.0 Å². The summed E-state index contributed by atoms with van der Waals surface area (Å²) < 4.78 is 11.1. The van der Waals surface area contributed by atoms with Gasteiger partial charge < -0.3 is 14.6 Å². The molecule has 0 saturated heterocycles. The predicted octanol–water partition coefficient (Wildman–Crippen LogP) is 0.249. The van der Waals surface area contributed by atoms with Gasteiger partial charge in [-0.2, -0.15) is 0 Å². The SMILES string of the molecule is COc1ccc(OC)c(-n2c(O)cc(=O)[nH]c2=O)c1. The van der Waals surface area contributed by atoms with Gasteiger partial charge in [-0.15, -0.1) is 0 Å². The Labute approximate surface area is 107 Å². The van der Waals surface area contributed by atoms with Crippen molar-refractivity contribution in [2.24, 2.45) is 0 Å². The van der Waals surface area contributed by atoms with Crippen LogP contribution in [0.4, 0.5) is 0 Å². The number of nitrogens with one attached hydrogen (secondary N) is 1. The molecule has 0 aliphatic carbocycles. The minimum Gasteiger partial charge on any atom is -0.497 e. The highest BCUT2D eigenvalue weighted by Crippen LogP contribution is 2.28. The molecule has 0 fully saturated rings. The topological polar surface area (TPSA) is 93.6 Å². The average Bonchev–Trinajstić information content (AvgIpc) is 2.37. The summed E-state index contributed by atoms with van der Waals surface area (Å²) >= 11 is 0. The summed E-state index contributed by atoms with van der Waals surface area (Å²) in [6.07, 6.45) is 0. The van der Waals surface area contributed by atoms with E-state index in [-0.39, 0.29) is 5.69 Å².